The molecule has 2 aliphatic rings. The first-order valence-electron chi connectivity index (χ1n) is 10.2. The summed E-state index contributed by atoms with van der Waals surface area (Å²) in [5.74, 6) is 0. The van der Waals surface area contributed by atoms with Crippen molar-refractivity contribution in [1.82, 2.24) is 5.32 Å². The van der Waals surface area contributed by atoms with Crippen molar-refractivity contribution in [2.75, 3.05) is 26.4 Å². The molecule has 0 aromatic heterocycles. The summed E-state index contributed by atoms with van der Waals surface area (Å²) in [5, 5.41) is 81.2. The maximum absolute atomic E-state index is 10.1. The first-order valence-corrected chi connectivity index (χ1v) is 10.2. The maximum atomic E-state index is 10.1. The molecule has 2 heterocycles. The first kappa shape index (κ1) is 26.7. The molecule has 2 aliphatic heterocycles. The van der Waals surface area contributed by atoms with Crippen LogP contribution in [0.25, 0.3) is 0 Å². The highest BCUT2D eigenvalue weighted by Gasteiger charge is 2.45. The molecule has 0 radical (unpaired) electrons. The number of aliphatic hydroxyl groups excluding tert-OH is 8. The number of aliphatic hydroxyl groups is 8. The van der Waals surface area contributed by atoms with Crippen LogP contribution in [0.15, 0.2) is 0 Å². The van der Waals surface area contributed by atoms with Crippen molar-refractivity contribution in [3.05, 3.63) is 0 Å². The van der Waals surface area contributed by atoms with Crippen LogP contribution in [0.3, 0.4) is 0 Å². The second-order valence-corrected chi connectivity index (χ2v) is 8.08. The van der Waals surface area contributed by atoms with E-state index in [0.29, 0.717) is 0 Å². The molecule has 0 bridgehead atoms. The molecule has 2 fully saturated rings. The smallest absolute Gasteiger partial charge is 0.186 e. The van der Waals surface area contributed by atoms with Crippen LogP contribution < -0.4 is 5.32 Å². The molecule has 2 saturated heterocycles. The van der Waals surface area contributed by atoms with E-state index >= 15 is 0 Å². The van der Waals surface area contributed by atoms with Crippen molar-refractivity contribution >= 4 is 0 Å². The zero-order valence-electron chi connectivity index (χ0n) is 17.5. The van der Waals surface area contributed by atoms with Gasteiger partial charge >= 0.3 is 0 Å². The maximum Gasteiger partial charge on any atom is 0.186 e. The Morgan fingerprint density at radius 2 is 1.06 bits per heavy atom. The number of hydrogen-bond acceptors (Lipinski definition) is 13. The average Bonchev–Trinajstić information content (AvgIpc) is 2.74. The van der Waals surface area contributed by atoms with Gasteiger partial charge in [-0.15, -0.1) is 0 Å². The number of hydrogen-bond donors (Lipinski definition) is 9. The van der Waals surface area contributed by atoms with E-state index in [1.807, 2.05) is 13.8 Å². The van der Waals surface area contributed by atoms with Crippen LogP contribution in [0.1, 0.15) is 13.8 Å². The monoisotopic (exact) mass is 457 g/mol. The second-order valence-electron chi connectivity index (χ2n) is 8.08. The van der Waals surface area contributed by atoms with Gasteiger partial charge in [0.2, 0.25) is 0 Å². The van der Waals surface area contributed by atoms with E-state index in [1.165, 1.54) is 0 Å². The van der Waals surface area contributed by atoms with Crippen LogP contribution in [0.4, 0.5) is 0 Å². The molecule has 13 nitrogen and oxygen atoms in total. The van der Waals surface area contributed by atoms with E-state index in [0.717, 1.165) is 0 Å². The Morgan fingerprint density at radius 1 is 0.677 bits per heavy atom. The minimum absolute atomic E-state index is 0.0261. The molecule has 5 unspecified atom stereocenters. The molecule has 9 N–H and O–H groups in total. The van der Waals surface area contributed by atoms with E-state index < -0.39 is 80.7 Å². The molecular weight excluding hydrogens is 422 g/mol. The molecule has 0 aliphatic carbocycles. The van der Waals surface area contributed by atoms with E-state index in [-0.39, 0.29) is 19.3 Å². The lowest BCUT2D eigenvalue weighted by molar-refractivity contribution is -0.310. The molecular formula is C18H35NO12. The molecule has 31 heavy (non-hydrogen) atoms. The van der Waals surface area contributed by atoms with Crippen LogP contribution in [0.5, 0.6) is 0 Å². The van der Waals surface area contributed by atoms with Gasteiger partial charge in [0.05, 0.1) is 32.5 Å². The molecule has 0 saturated carbocycles. The van der Waals surface area contributed by atoms with Gasteiger partial charge < -0.3 is 65.1 Å². The average molecular weight is 457 g/mol. The number of nitrogens with one attached hydrogen (secondary N) is 1. The van der Waals surface area contributed by atoms with Crippen LogP contribution in [0, 0.1) is 0 Å². The lowest BCUT2D eigenvalue weighted by Crippen LogP contribution is -2.60. The Morgan fingerprint density at radius 3 is 1.39 bits per heavy atom. The van der Waals surface area contributed by atoms with Crippen LogP contribution in [-0.4, -0.2) is 141 Å². The van der Waals surface area contributed by atoms with E-state index in [9.17, 15) is 40.9 Å². The molecule has 0 amide bonds. The largest absolute Gasteiger partial charge is 0.394 e. The van der Waals surface area contributed by atoms with Crippen LogP contribution >= 0.6 is 0 Å². The van der Waals surface area contributed by atoms with E-state index in [1.54, 1.807) is 0 Å². The topological polar surface area (TPSA) is 211 Å². The van der Waals surface area contributed by atoms with E-state index in [2.05, 4.69) is 5.32 Å². The lowest BCUT2D eigenvalue weighted by atomic mass is 9.99. The summed E-state index contributed by atoms with van der Waals surface area (Å²) < 4.78 is 21.6. The fraction of sp³-hybridized carbons (Fsp3) is 1.00. The lowest BCUT2D eigenvalue weighted by Gasteiger charge is -2.41. The van der Waals surface area contributed by atoms with Crippen LogP contribution in [0.2, 0.25) is 0 Å². The summed E-state index contributed by atoms with van der Waals surface area (Å²) in [5.41, 5.74) is 0. The van der Waals surface area contributed by atoms with Gasteiger partial charge in [-0.25, -0.2) is 0 Å². The summed E-state index contributed by atoms with van der Waals surface area (Å²) in [4.78, 5) is 0. The van der Waals surface area contributed by atoms with E-state index in [4.69, 9.17) is 18.9 Å². The van der Waals surface area contributed by atoms with Crippen molar-refractivity contribution in [3.8, 4) is 0 Å². The van der Waals surface area contributed by atoms with Gasteiger partial charge in [0, 0.05) is 6.04 Å². The Bertz CT molecular complexity index is 484. The van der Waals surface area contributed by atoms with Gasteiger partial charge in [-0.3, -0.25) is 0 Å². The minimum Gasteiger partial charge on any atom is -0.394 e. The van der Waals surface area contributed by atoms with Crippen molar-refractivity contribution in [1.29, 1.82) is 0 Å². The third kappa shape index (κ3) is 6.74. The predicted octanol–water partition coefficient (Wildman–Crippen LogP) is -5.01. The Labute approximate surface area is 179 Å². The highest BCUT2D eigenvalue weighted by Crippen LogP contribution is 2.23. The minimum atomic E-state index is -1.57. The highest BCUT2D eigenvalue weighted by atomic mass is 16.7. The fourth-order valence-electron chi connectivity index (χ4n) is 3.45. The number of rotatable bonds is 10. The third-order valence-electron chi connectivity index (χ3n) is 5.19. The summed E-state index contributed by atoms with van der Waals surface area (Å²) in [6, 6.07) is -0.554. The highest BCUT2D eigenvalue weighted by molar-refractivity contribution is 4.90. The quantitative estimate of drug-likeness (QED) is 0.151. The molecule has 184 valence electrons. The Hall–Kier alpha value is -0.520. The Kier molecular flexibility index (Phi) is 10.4. The summed E-state index contributed by atoms with van der Waals surface area (Å²) in [7, 11) is 0. The summed E-state index contributed by atoms with van der Waals surface area (Å²) in [6.45, 7) is 2.34. The van der Waals surface area contributed by atoms with Crippen molar-refractivity contribution in [2.45, 2.75) is 87.3 Å². The number of ether oxygens (including phenoxy) is 4. The van der Waals surface area contributed by atoms with Crippen molar-refractivity contribution < 1.29 is 59.8 Å². The second kappa shape index (κ2) is 12.1. The predicted molar refractivity (Wildman–Crippen MR) is 101 cm³/mol. The van der Waals surface area contributed by atoms with Crippen molar-refractivity contribution in [3.63, 3.8) is 0 Å². The normalized spacial score (nSPS) is 42.7. The van der Waals surface area contributed by atoms with Crippen molar-refractivity contribution in [2.24, 2.45) is 0 Å². The van der Waals surface area contributed by atoms with Gasteiger partial charge in [-0.2, -0.15) is 0 Å². The molecule has 0 aromatic rings. The summed E-state index contributed by atoms with van der Waals surface area (Å²) in [6.07, 6.45) is -14.1. The zero-order chi connectivity index (χ0) is 23.3. The van der Waals surface area contributed by atoms with Gasteiger partial charge in [0.15, 0.2) is 12.6 Å². The third-order valence-corrected chi connectivity index (χ3v) is 5.19. The Balaban J connectivity index is 1.94. The summed E-state index contributed by atoms with van der Waals surface area (Å²) >= 11 is 0. The fourth-order valence-corrected chi connectivity index (χ4v) is 3.45. The van der Waals surface area contributed by atoms with Gasteiger partial charge in [-0.1, -0.05) is 13.8 Å². The molecule has 13 heteroatoms. The van der Waals surface area contributed by atoms with Gasteiger partial charge in [0.1, 0.15) is 48.8 Å². The molecule has 11 atom stereocenters. The first-order chi connectivity index (χ1) is 14.6. The van der Waals surface area contributed by atoms with Gasteiger partial charge in [0.25, 0.3) is 0 Å². The molecule has 0 aromatic carbocycles. The SMILES string of the molecule is CC(C)NC(COC1OC(CO)[C@@H](O)[C@@H](O)[C@@H]1O)COC1OC(CO)[C@@H](O)[C@H](O)[C@@H]1O. The van der Waals surface area contributed by atoms with Gasteiger partial charge in [-0.05, 0) is 0 Å². The zero-order valence-corrected chi connectivity index (χ0v) is 17.5. The standard InChI is InChI=1S/C18H35NO12/c1-7(2)19-8(5-28-17-15(26)13(24)11(22)9(3-20)30-17)6-29-18-16(27)14(25)12(23)10(4-21)31-18/h7-27H,3-6H2,1-2H3/t8?,9?,10?,11-,12-,13-,14+,15+,16+,17?,18?/m1/s1. The molecule has 2 rings (SSSR count). The molecule has 0 spiro atoms. The van der Waals surface area contributed by atoms with Crippen LogP contribution in [-0.2, 0) is 18.9 Å².